The van der Waals surface area contributed by atoms with Crippen LogP contribution < -0.4 is 0 Å². The lowest BCUT2D eigenvalue weighted by Crippen LogP contribution is -2.00. The molecule has 1 heterocycles. The monoisotopic (exact) mass is 613 g/mol. The van der Waals surface area contributed by atoms with Gasteiger partial charge in [0.2, 0.25) is 0 Å². The Morgan fingerprint density at radius 3 is 1.06 bits per heavy atom. The molecule has 0 atom stereocenters. The highest BCUT2D eigenvalue weighted by Gasteiger charge is 2.15. The summed E-state index contributed by atoms with van der Waals surface area (Å²) in [6.07, 6.45) is 0. The second kappa shape index (κ2) is 13.1. The smallest absolute Gasteiger partial charge is 0.164 e. The van der Waals surface area contributed by atoms with Gasteiger partial charge in [0, 0.05) is 16.7 Å². The molecule has 3 heteroatoms. The van der Waals surface area contributed by atoms with Gasteiger partial charge in [-0.2, -0.15) is 0 Å². The maximum atomic E-state index is 5.04. The summed E-state index contributed by atoms with van der Waals surface area (Å²) >= 11 is 0. The Morgan fingerprint density at radius 2 is 0.521 bits per heavy atom. The zero-order valence-corrected chi connectivity index (χ0v) is 26.2. The van der Waals surface area contributed by atoms with Gasteiger partial charge in [-0.3, -0.25) is 0 Å². The summed E-state index contributed by atoms with van der Waals surface area (Å²) in [4.78, 5) is 15.0. The molecule has 0 aliphatic heterocycles. The molecule has 48 heavy (non-hydrogen) atoms. The minimum absolute atomic E-state index is 0.636. The van der Waals surface area contributed by atoms with Gasteiger partial charge in [-0.05, 0) is 56.6 Å². The van der Waals surface area contributed by atoms with Crippen LogP contribution in [0.4, 0.5) is 0 Å². The van der Waals surface area contributed by atoms with E-state index >= 15 is 0 Å². The highest BCUT2D eigenvalue weighted by Crippen LogP contribution is 2.36. The predicted octanol–water partition coefficient (Wildman–Crippen LogP) is 11.5. The molecule has 0 aliphatic carbocycles. The van der Waals surface area contributed by atoms with Crippen LogP contribution in [0.3, 0.4) is 0 Å². The fourth-order valence-electron chi connectivity index (χ4n) is 6.10. The molecule has 0 fully saturated rings. The van der Waals surface area contributed by atoms with Gasteiger partial charge in [-0.15, -0.1) is 0 Å². The largest absolute Gasteiger partial charge is 0.208 e. The first-order valence-corrected chi connectivity index (χ1v) is 16.1. The van der Waals surface area contributed by atoms with E-state index in [2.05, 4.69) is 152 Å². The van der Waals surface area contributed by atoms with Crippen LogP contribution in [0.15, 0.2) is 188 Å². The van der Waals surface area contributed by atoms with Gasteiger partial charge in [0.05, 0.1) is 0 Å². The Balaban J connectivity index is 1.20. The third-order valence-electron chi connectivity index (χ3n) is 8.56. The van der Waals surface area contributed by atoms with Crippen LogP contribution >= 0.6 is 0 Å². The van der Waals surface area contributed by atoms with Crippen LogP contribution in [0.2, 0.25) is 0 Å². The molecule has 0 bridgehead atoms. The Bertz CT molecular complexity index is 2310. The van der Waals surface area contributed by atoms with Crippen molar-refractivity contribution in [2.45, 2.75) is 0 Å². The van der Waals surface area contributed by atoms with Crippen molar-refractivity contribution in [3.05, 3.63) is 188 Å². The predicted molar refractivity (Wildman–Crippen MR) is 198 cm³/mol. The minimum atomic E-state index is 0.636. The van der Waals surface area contributed by atoms with E-state index in [1.807, 2.05) is 36.4 Å². The van der Waals surface area contributed by atoms with Crippen LogP contribution in [0.5, 0.6) is 0 Å². The van der Waals surface area contributed by atoms with Crippen LogP contribution in [0, 0.1) is 0 Å². The number of benzene rings is 7. The summed E-state index contributed by atoms with van der Waals surface area (Å²) in [5, 5.41) is 0. The molecular weight excluding hydrogens is 583 g/mol. The SMILES string of the molecule is c1ccc(-c2ccc(-c3nc(-c4ccccc4)nc(-c4cccc(-c5ccccc5-c5cccc(-c6ccccc6)c5)c4)n3)cc2)cc1. The molecular formula is C45H31N3. The van der Waals surface area contributed by atoms with Gasteiger partial charge < -0.3 is 0 Å². The van der Waals surface area contributed by atoms with Crippen molar-refractivity contribution in [1.82, 2.24) is 15.0 Å². The molecule has 1 aromatic heterocycles. The molecule has 0 amide bonds. The Kier molecular flexibility index (Phi) is 7.92. The maximum Gasteiger partial charge on any atom is 0.164 e. The zero-order chi connectivity index (χ0) is 32.1. The van der Waals surface area contributed by atoms with Crippen LogP contribution in [0.1, 0.15) is 0 Å². The van der Waals surface area contributed by atoms with Crippen LogP contribution in [-0.4, -0.2) is 15.0 Å². The molecule has 0 saturated heterocycles. The first-order valence-electron chi connectivity index (χ1n) is 16.1. The highest BCUT2D eigenvalue weighted by molar-refractivity contribution is 5.86. The molecule has 0 radical (unpaired) electrons. The van der Waals surface area contributed by atoms with E-state index in [4.69, 9.17) is 15.0 Å². The van der Waals surface area contributed by atoms with Crippen molar-refractivity contribution < 1.29 is 0 Å². The van der Waals surface area contributed by atoms with Gasteiger partial charge in [-0.25, -0.2) is 15.0 Å². The molecule has 0 N–H and O–H groups in total. The lowest BCUT2D eigenvalue weighted by atomic mass is 9.92. The third-order valence-corrected chi connectivity index (χ3v) is 8.56. The van der Waals surface area contributed by atoms with Crippen molar-refractivity contribution in [1.29, 1.82) is 0 Å². The summed E-state index contributed by atoms with van der Waals surface area (Å²) in [7, 11) is 0. The number of hydrogen-bond acceptors (Lipinski definition) is 3. The van der Waals surface area contributed by atoms with E-state index in [1.165, 1.54) is 27.8 Å². The average molecular weight is 614 g/mol. The molecule has 0 unspecified atom stereocenters. The van der Waals surface area contributed by atoms with E-state index in [0.29, 0.717) is 17.5 Å². The van der Waals surface area contributed by atoms with Gasteiger partial charge in [0.15, 0.2) is 17.5 Å². The van der Waals surface area contributed by atoms with Gasteiger partial charge in [0.25, 0.3) is 0 Å². The summed E-state index contributed by atoms with van der Waals surface area (Å²) in [6.45, 7) is 0. The van der Waals surface area contributed by atoms with Crippen molar-refractivity contribution in [2.24, 2.45) is 0 Å². The lowest BCUT2D eigenvalue weighted by molar-refractivity contribution is 1.07. The highest BCUT2D eigenvalue weighted by atomic mass is 15.0. The molecule has 8 rings (SSSR count). The zero-order valence-electron chi connectivity index (χ0n) is 26.2. The molecule has 8 aromatic rings. The fourth-order valence-corrected chi connectivity index (χ4v) is 6.10. The molecule has 0 saturated carbocycles. The number of nitrogens with zero attached hydrogens (tertiary/aromatic N) is 3. The summed E-state index contributed by atoms with van der Waals surface area (Å²) in [5.74, 6) is 1.92. The second-order valence-corrected chi connectivity index (χ2v) is 11.7. The van der Waals surface area contributed by atoms with Crippen LogP contribution in [0.25, 0.3) is 78.7 Å². The Morgan fingerprint density at radius 1 is 0.208 bits per heavy atom. The van der Waals surface area contributed by atoms with Gasteiger partial charge in [-0.1, -0.05) is 176 Å². The average Bonchev–Trinajstić information content (AvgIpc) is 3.19. The van der Waals surface area contributed by atoms with E-state index in [1.54, 1.807) is 0 Å². The summed E-state index contributed by atoms with van der Waals surface area (Å²) in [6, 6.07) is 65.3. The van der Waals surface area contributed by atoms with E-state index in [-0.39, 0.29) is 0 Å². The standard InChI is InChI=1S/C45H31N3/c1-4-14-32(15-5-1)34-26-28-36(29-27-34)44-46-43(35-18-8-3-9-19-35)47-45(48-44)40-23-13-22-39(31-40)42-25-11-10-24-41(42)38-21-12-20-37(30-38)33-16-6-2-7-17-33/h1-31H. The molecule has 226 valence electrons. The Hall–Kier alpha value is -6.45. The molecule has 0 aliphatic rings. The van der Waals surface area contributed by atoms with Crippen LogP contribution in [-0.2, 0) is 0 Å². The summed E-state index contributed by atoms with van der Waals surface area (Å²) < 4.78 is 0. The van der Waals surface area contributed by atoms with Gasteiger partial charge in [0.1, 0.15) is 0 Å². The summed E-state index contributed by atoms with van der Waals surface area (Å²) in [5.41, 5.74) is 12.1. The molecule has 7 aromatic carbocycles. The lowest BCUT2D eigenvalue weighted by Gasteiger charge is -2.13. The first kappa shape index (κ1) is 29.0. The van der Waals surface area contributed by atoms with Gasteiger partial charge >= 0.3 is 0 Å². The van der Waals surface area contributed by atoms with E-state index in [0.717, 1.165) is 33.4 Å². The third kappa shape index (κ3) is 6.05. The number of hydrogen-bond donors (Lipinski definition) is 0. The number of aromatic nitrogens is 3. The topological polar surface area (TPSA) is 38.7 Å². The minimum Gasteiger partial charge on any atom is -0.208 e. The van der Waals surface area contributed by atoms with Crippen molar-refractivity contribution in [3.8, 4) is 78.7 Å². The van der Waals surface area contributed by atoms with Crippen molar-refractivity contribution in [3.63, 3.8) is 0 Å². The molecule has 3 nitrogen and oxygen atoms in total. The normalized spacial score (nSPS) is 10.9. The second-order valence-electron chi connectivity index (χ2n) is 11.7. The van der Waals surface area contributed by atoms with Crippen molar-refractivity contribution >= 4 is 0 Å². The Labute approximate surface area is 280 Å². The fraction of sp³-hybridized carbons (Fsp3) is 0. The maximum absolute atomic E-state index is 5.04. The quantitative estimate of drug-likeness (QED) is 0.179. The molecule has 0 spiro atoms. The first-order chi connectivity index (χ1) is 23.8. The number of rotatable bonds is 7. The van der Waals surface area contributed by atoms with E-state index < -0.39 is 0 Å². The van der Waals surface area contributed by atoms with Crippen molar-refractivity contribution in [2.75, 3.05) is 0 Å². The van der Waals surface area contributed by atoms with E-state index in [9.17, 15) is 0 Å².